The summed E-state index contributed by atoms with van der Waals surface area (Å²) in [6.45, 7) is 4.08. The monoisotopic (exact) mass is 405 g/mol. The lowest BCUT2D eigenvalue weighted by Crippen LogP contribution is -2.30. The third-order valence-electron chi connectivity index (χ3n) is 5.02. The minimum absolute atomic E-state index is 0.198. The molecule has 7 nitrogen and oxygen atoms in total. The number of carbonyl (C=O) groups excluding carboxylic acids is 1. The molecule has 1 amide bonds. The molecule has 1 saturated heterocycles. The molecule has 1 aliphatic rings. The average molecular weight is 405 g/mol. The number of amides is 1. The first-order valence-corrected chi connectivity index (χ1v) is 9.08. The molecule has 1 fully saturated rings. The van der Waals surface area contributed by atoms with E-state index < -0.39 is 11.7 Å². The predicted octanol–water partition coefficient (Wildman–Crippen LogP) is 3.87. The highest BCUT2D eigenvalue weighted by Gasteiger charge is 2.35. The van der Waals surface area contributed by atoms with Crippen LogP contribution in [0.5, 0.6) is 0 Å². The first kappa shape index (κ1) is 19.2. The Morgan fingerprint density at radius 3 is 2.66 bits per heavy atom. The van der Waals surface area contributed by atoms with Gasteiger partial charge in [-0.05, 0) is 38.8 Å². The minimum Gasteiger partial charge on any atom is -0.359 e. The van der Waals surface area contributed by atoms with Crippen molar-refractivity contribution >= 4 is 5.91 Å². The summed E-state index contributed by atoms with van der Waals surface area (Å²) in [5.41, 5.74) is 0.776. The molecule has 0 bridgehead atoms. The Morgan fingerprint density at radius 2 is 2.03 bits per heavy atom. The smallest absolute Gasteiger partial charge is 0.359 e. The normalized spacial score (nSPS) is 17.1. The van der Waals surface area contributed by atoms with Gasteiger partial charge in [-0.25, -0.2) is 9.67 Å². The number of halogens is 3. The van der Waals surface area contributed by atoms with Gasteiger partial charge in [-0.1, -0.05) is 5.16 Å². The van der Waals surface area contributed by atoms with E-state index in [9.17, 15) is 18.0 Å². The average Bonchev–Trinajstić information content (AvgIpc) is 3.40. The highest BCUT2D eigenvalue weighted by molar-refractivity contribution is 5.95. The van der Waals surface area contributed by atoms with Gasteiger partial charge in [0, 0.05) is 18.8 Å². The number of nitrogens with zero attached hydrogens (tertiary/aromatic N) is 5. The SMILES string of the molecule is Cc1cc(C2CCCN2C(=O)c2cnn(-c3ccc(C(F)(F)F)cn3)c2C)on1. The van der Waals surface area contributed by atoms with Crippen molar-refractivity contribution in [1.29, 1.82) is 0 Å². The summed E-state index contributed by atoms with van der Waals surface area (Å²) in [5.74, 6) is 0.637. The standard InChI is InChI=1S/C19H18F3N5O2/c1-11-8-16(29-25-11)15-4-3-7-26(15)18(28)14-10-24-27(12(14)2)17-6-5-13(9-23-17)19(20,21)22/h5-6,8-10,15H,3-4,7H2,1-2H3. The molecule has 10 heteroatoms. The second-order valence-corrected chi connectivity index (χ2v) is 6.99. The fourth-order valence-electron chi connectivity index (χ4n) is 3.53. The van der Waals surface area contributed by atoms with Crippen LogP contribution in [0.25, 0.3) is 5.82 Å². The maximum atomic E-state index is 13.1. The van der Waals surface area contributed by atoms with Crippen molar-refractivity contribution in [3.05, 3.63) is 58.9 Å². The Labute approximate surface area is 164 Å². The number of pyridine rings is 1. The minimum atomic E-state index is -4.46. The van der Waals surface area contributed by atoms with Crippen LogP contribution < -0.4 is 0 Å². The lowest BCUT2D eigenvalue weighted by atomic mass is 10.1. The Bertz CT molecular complexity index is 1040. The van der Waals surface area contributed by atoms with Crippen molar-refractivity contribution in [2.45, 2.75) is 38.9 Å². The second-order valence-electron chi connectivity index (χ2n) is 6.99. The van der Waals surface area contributed by atoms with Gasteiger partial charge in [0.05, 0.1) is 34.8 Å². The molecule has 0 N–H and O–H groups in total. The van der Waals surface area contributed by atoms with Crippen molar-refractivity contribution in [2.75, 3.05) is 6.54 Å². The highest BCUT2D eigenvalue weighted by Crippen LogP contribution is 2.34. The van der Waals surface area contributed by atoms with Gasteiger partial charge in [0.25, 0.3) is 5.91 Å². The topological polar surface area (TPSA) is 77.0 Å². The molecule has 1 unspecified atom stereocenters. The maximum Gasteiger partial charge on any atom is 0.417 e. The fourth-order valence-corrected chi connectivity index (χ4v) is 3.53. The zero-order valence-corrected chi connectivity index (χ0v) is 15.8. The van der Waals surface area contributed by atoms with Crippen molar-refractivity contribution < 1.29 is 22.5 Å². The molecule has 0 aliphatic carbocycles. The number of hydrogen-bond donors (Lipinski definition) is 0. The summed E-state index contributed by atoms with van der Waals surface area (Å²) in [4.78, 5) is 18.7. The van der Waals surface area contributed by atoms with Crippen LogP contribution in [0.2, 0.25) is 0 Å². The van der Waals surface area contributed by atoms with Gasteiger partial charge >= 0.3 is 6.18 Å². The largest absolute Gasteiger partial charge is 0.417 e. The quantitative estimate of drug-likeness (QED) is 0.661. The number of alkyl halides is 3. The van der Waals surface area contributed by atoms with Crippen LogP contribution in [0.15, 0.2) is 35.1 Å². The van der Waals surface area contributed by atoms with E-state index in [-0.39, 0.29) is 17.8 Å². The summed E-state index contributed by atoms with van der Waals surface area (Å²) in [6.07, 6.45) is -0.688. The molecule has 29 heavy (non-hydrogen) atoms. The predicted molar refractivity (Wildman–Crippen MR) is 95.3 cm³/mol. The zero-order valence-electron chi connectivity index (χ0n) is 15.8. The first-order chi connectivity index (χ1) is 13.8. The van der Waals surface area contributed by atoms with Gasteiger partial charge in [0.2, 0.25) is 0 Å². The summed E-state index contributed by atoms with van der Waals surface area (Å²) in [6, 6.07) is 3.79. The van der Waals surface area contributed by atoms with Crippen LogP contribution in [-0.2, 0) is 6.18 Å². The number of carbonyl (C=O) groups is 1. The van der Waals surface area contributed by atoms with E-state index in [1.807, 2.05) is 13.0 Å². The summed E-state index contributed by atoms with van der Waals surface area (Å²) >= 11 is 0. The van der Waals surface area contributed by atoms with Crippen molar-refractivity contribution in [3.63, 3.8) is 0 Å². The molecule has 0 saturated carbocycles. The molecule has 4 heterocycles. The van der Waals surface area contributed by atoms with Crippen LogP contribution in [0.3, 0.4) is 0 Å². The third-order valence-corrected chi connectivity index (χ3v) is 5.02. The molecule has 1 atom stereocenters. The van der Waals surface area contributed by atoms with E-state index in [2.05, 4.69) is 15.2 Å². The number of hydrogen-bond acceptors (Lipinski definition) is 5. The van der Waals surface area contributed by atoms with Crippen LogP contribution in [0.4, 0.5) is 13.2 Å². The molecule has 152 valence electrons. The molecular weight excluding hydrogens is 387 g/mol. The van der Waals surface area contributed by atoms with Crippen LogP contribution in [0, 0.1) is 13.8 Å². The summed E-state index contributed by atoms with van der Waals surface area (Å²) in [5, 5.41) is 8.06. The molecular formula is C19H18F3N5O2. The van der Waals surface area contributed by atoms with E-state index >= 15 is 0 Å². The van der Waals surface area contributed by atoms with Gasteiger partial charge in [0.15, 0.2) is 11.6 Å². The molecule has 0 radical (unpaired) electrons. The molecule has 0 aromatic carbocycles. The molecule has 4 rings (SSSR count). The first-order valence-electron chi connectivity index (χ1n) is 9.08. The fraction of sp³-hybridized carbons (Fsp3) is 0.368. The number of aromatic nitrogens is 4. The summed E-state index contributed by atoms with van der Waals surface area (Å²) < 4.78 is 44.9. The van der Waals surface area contributed by atoms with Crippen LogP contribution in [-0.4, -0.2) is 37.3 Å². The molecule has 3 aromatic rings. The zero-order chi connectivity index (χ0) is 20.8. The van der Waals surface area contributed by atoms with Crippen molar-refractivity contribution in [1.82, 2.24) is 24.8 Å². The summed E-state index contributed by atoms with van der Waals surface area (Å²) in [7, 11) is 0. The molecule has 3 aromatic heterocycles. The Balaban J connectivity index is 1.60. The van der Waals surface area contributed by atoms with Gasteiger partial charge in [0.1, 0.15) is 0 Å². The van der Waals surface area contributed by atoms with E-state index in [0.717, 1.165) is 30.8 Å². The van der Waals surface area contributed by atoms with Crippen LogP contribution in [0.1, 0.15) is 52.0 Å². The van der Waals surface area contributed by atoms with Crippen molar-refractivity contribution in [3.8, 4) is 5.82 Å². The van der Waals surface area contributed by atoms with E-state index in [1.165, 1.54) is 16.9 Å². The molecule has 1 aliphatic heterocycles. The highest BCUT2D eigenvalue weighted by atomic mass is 19.4. The van der Waals surface area contributed by atoms with E-state index in [0.29, 0.717) is 23.6 Å². The number of aryl methyl sites for hydroxylation is 1. The second kappa shape index (κ2) is 7.02. The van der Waals surface area contributed by atoms with E-state index in [1.54, 1.807) is 11.8 Å². The lowest BCUT2D eigenvalue weighted by Gasteiger charge is -2.22. The van der Waals surface area contributed by atoms with Gasteiger partial charge in [-0.3, -0.25) is 4.79 Å². The number of likely N-dealkylation sites (tertiary alicyclic amines) is 1. The van der Waals surface area contributed by atoms with Gasteiger partial charge in [-0.15, -0.1) is 0 Å². The van der Waals surface area contributed by atoms with E-state index in [4.69, 9.17) is 4.52 Å². The Morgan fingerprint density at radius 1 is 1.24 bits per heavy atom. The molecule has 0 spiro atoms. The van der Waals surface area contributed by atoms with Gasteiger partial charge in [-0.2, -0.15) is 18.3 Å². The Hall–Kier alpha value is -3.17. The number of rotatable bonds is 3. The van der Waals surface area contributed by atoms with Gasteiger partial charge < -0.3 is 9.42 Å². The third kappa shape index (κ3) is 3.50. The maximum absolute atomic E-state index is 13.1. The van der Waals surface area contributed by atoms with Crippen molar-refractivity contribution in [2.24, 2.45) is 0 Å². The lowest BCUT2D eigenvalue weighted by molar-refractivity contribution is -0.137. The van der Waals surface area contributed by atoms with Crippen LogP contribution >= 0.6 is 0 Å². The Kier molecular flexibility index (Phi) is 4.64.